The summed E-state index contributed by atoms with van der Waals surface area (Å²) in [5.74, 6) is 0.239. The lowest BCUT2D eigenvalue weighted by Gasteiger charge is -1.94. The zero-order valence-electron chi connectivity index (χ0n) is 11.8. The van der Waals surface area contributed by atoms with E-state index in [0.717, 1.165) is 22.2 Å². The number of rotatable bonds is 4. The highest BCUT2D eigenvalue weighted by Crippen LogP contribution is 2.38. The van der Waals surface area contributed by atoms with Gasteiger partial charge in [0.1, 0.15) is 0 Å². The standard InChI is InChI=1S/C16H15N5O/c22-16(15-7-14(19-20-15)10-5-6-10)21-18-9-11-8-17-13-4-2-1-3-12(11)13/h1-4,7-10,17H,5-6H2,(H,19,20)(H,21,22)/b18-9+. The molecule has 1 aliphatic rings. The third-order valence-electron chi connectivity index (χ3n) is 3.84. The molecular weight excluding hydrogens is 278 g/mol. The molecule has 22 heavy (non-hydrogen) atoms. The van der Waals surface area contributed by atoms with Gasteiger partial charge in [0, 0.05) is 34.3 Å². The average molecular weight is 293 g/mol. The van der Waals surface area contributed by atoms with E-state index in [0.29, 0.717) is 11.6 Å². The van der Waals surface area contributed by atoms with Crippen molar-refractivity contribution in [2.24, 2.45) is 5.10 Å². The van der Waals surface area contributed by atoms with Crippen molar-refractivity contribution in [1.29, 1.82) is 0 Å². The number of fused-ring (bicyclic) bond motifs is 1. The van der Waals surface area contributed by atoms with Crippen molar-refractivity contribution < 1.29 is 4.79 Å². The molecule has 1 fully saturated rings. The summed E-state index contributed by atoms with van der Waals surface area (Å²) in [7, 11) is 0. The van der Waals surface area contributed by atoms with Crippen LogP contribution in [0.4, 0.5) is 0 Å². The molecule has 0 spiro atoms. The van der Waals surface area contributed by atoms with Crippen molar-refractivity contribution in [2.75, 3.05) is 0 Å². The molecule has 3 N–H and O–H groups in total. The van der Waals surface area contributed by atoms with Crippen LogP contribution in [0.5, 0.6) is 0 Å². The zero-order valence-corrected chi connectivity index (χ0v) is 11.8. The molecule has 1 aliphatic carbocycles. The summed E-state index contributed by atoms with van der Waals surface area (Å²) in [5.41, 5.74) is 5.88. The first-order chi connectivity index (χ1) is 10.8. The second-order valence-corrected chi connectivity index (χ2v) is 5.47. The monoisotopic (exact) mass is 293 g/mol. The van der Waals surface area contributed by atoms with E-state index in [-0.39, 0.29) is 5.91 Å². The minimum Gasteiger partial charge on any atom is -0.361 e. The number of nitrogens with zero attached hydrogens (tertiary/aromatic N) is 2. The SMILES string of the molecule is O=C(N/N=C/c1c[nH]c2ccccc12)c1cc(C2CC2)[nH]n1. The average Bonchev–Trinajstić information content (AvgIpc) is 3.13. The maximum atomic E-state index is 12.0. The van der Waals surface area contributed by atoms with Gasteiger partial charge >= 0.3 is 0 Å². The Morgan fingerprint density at radius 1 is 1.36 bits per heavy atom. The van der Waals surface area contributed by atoms with E-state index in [1.807, 2.05) is 30.5 Å². The molecule has 2 aromatic heterocycles. The number of hydrogen-bond donors (Lipinski definition) is 3. The quantitative estimate of drug-likeness (QED) is 0.510. The molecule has 1 aromatic carbocycles. The van der Waals surface area contributed by atoms with Gasteiger partial charge in [-0.3, -0.25) is 9.89 Å². The Balaban J connectivity index is 1.45. The van der Waals surface area contributed by atoms with Gasteiger partial charge in [0.15, 0.2) is 5.69 Å². The molecule has 0 unspecified atom stereocenters. The Morgan fingerprint density at radius 2 is 2.23 bits per heavy atom. The van der Waals surface area contributed by atoms with Crippen molar-refractivity contribution in [1.82, 2.24) is 20.6 Å². The van der Waals surface area contributed by atoms with E-state index in [1.54, 1.807) is 12.3 Å². The van der Waals surface area contributed by atoms with E-state index in [2.05, 4.69) is 25.7 Å². The van der Waals surface area contributed by atoms with Crippen molar-refractivity contribution >= 4 is 23.0 Å². The summed E-state index contributed by atoms with van der Waals surface area (Å²) in [6, 6.07) is 9.74. The molecule has 6 nitrogen and oxygen atoms in total. The lowest BCUT2D eigenvalue weighted by Crippen LogP contribution is -2.17. The van der Waals surface area contributed by atoms with E-state index in [9.17, 15) is 4.79 Å². The number of nitrogens with one attached hydrogen (secondary N) is 3. The first-order valence-corrected chi connectivity index (χ1v) is 7.26. The van der Waals surface area contributed by atoms with E-state index in [1.165, 1.54) is 12.8 Å². The van der Waals surface area contributed by atoms with Gasteiger partial charge in [-0.25, -0.2) is 5.43 Å². The minimum absolute atomic E-state index is 0.306. The molecule has 0 atom stereocenters. The molecule has 0 aliphatic heterocycles. The molecule has 0 bridgehead atoms. The van der Waals surface area contributed by atoms with Crippen LogP contribution < -0.4 is 5.43 Å². The molecule has 6 heteroatoms. The normalized spacial score (nSPS) is 14.7. The largest absolute Gasteiger partial charge is 0.361 e. The van der Waals surface area contributed by atoms with Crippen LogP contribution in [0, 0.1) is 0 Å². The lowest BCUT2D eigenvalue weighted by atomic mass is 10.2. The first-order valence-electron chi connectivity index (χ1n) is 7.26. The molecule has 1 amide bonds. The number of hydrogen-bond acceptors (Lipinski definition) is 3. The van der Waals surface area contributed by atoms with E-state index in [4.69, 9.17) is 0 Å². The van der Waals surface area contributed by atoms with Crippen LogP contribution in [-0.4, -0.2) is 27.3 Å². The first kappa shape index (κ1) is 12.8. The smallest absolute Gasteiger partial charge is 0.291 e. The molecule has 0 radical (unpaired) electrons. The van der Waals surface area contributed by atoms with E-state index >= 15 is 0 Å². The summed E-state index contributed by atoms with van der Waals surface area (Å²) in [5, 5.41) is 12.0. The van der Waals surface area contributed by atoms with Crippen LogP contribution >= 0.6 is 0 Å². The van der Waals surface area contributed by atoms with Crippen LogP contribution in [0.1, 0.15) is 40.5 Å². The Bertz CT molecular complexity index is 856. The fourth-order valence-corrected chi connectivity index (χ4v) is 2.47. The van der Waals surface area contributed by atoms with Gasteiger partial charge in [-0.1, -0.05) is 18.2 Å². The lowest BCUT2D eigenvalue weighted by molar-refractivity contribution is 0.0950. The Kier molecular flexibility index (Phi) is 3.00. The van der Waals surface area contributed by atoms with Gasteiger partial charge in [0.25, 0.3) is 5.91 Å². The molecule has 0 saturated heterocycles. The van der Waals surface area contributed by atoms with Gasteiger partial charge in [0.05, 0.1) is 6.21 Å². The second kappa shape index (κ2) is 5.14. The highest BCUT2D eigenvalue weighted by Gasteiger charge is 2.26. The highest BCUT2D eigenvalue weighted by molar-refractivity contribution is 5.99. The molecule has 1 saturated carbocycles. The van der Waals surface area contributed by atoms with Gasteiger partial charge in [-0.05, 0) is 25.0 Å². The minimum atomic E-state index is -0.306. The number of aromatic nitrogens is 3. The zero-order chi connectivity index (χ0) is 14.9. The topological polar surface area (TPSA) is 85.9 Å². The number of H-pyrrole nitrogens is 2. The Hall–Kier alpha value is -2.89. The van der Waals surface area contributed by atoms with Gasteiger partial charge < -0.3 is 4.98 Å². The summed E-state index contributed by atoms with van der Waals surface area (Å²) >= 11 is 0. The third kappa shape index (κ3) is 2.39. The van der Waals surface area contributed by atoms with Crippen LogP contribution in [0.25, 0.3) is 10.9 Å². The summed E-state index contributed by atoms with van der Waals surface area (Å²) in [4.78, 5) is 15.1. The number of carbonyl (C=O) groups excluding carboxylic acids is 1. The fourth-order valence-electron chi connectivity index (χ4n) is 2.47. The van der Waals surface area contributed by atoms with Crippen LogP contribution in [0.2, 0.25) is 0 Å². The predicted octanol–water partition coefficient (Wildman–Crippen LogP) is 2.53. The Morgan fingerprint density at radius 3 is 3.09 bits per heavy atom. The van der Waals surface area contributed by atoms with Gasteiger partial charge in [-0.2, -0.15) is 10.2 Å². The van der Waals surface area contributed by atoms with Crippen LogP contribution in [0.15, 0.2) is 41.6 Å². The van der Waals surface area contributed by atoms with Crippen molar-refractivity contribution in [2.45, 2.75) is 18.8 Å². The number of aromatic amines is 2. The summed E-state index contributed by atoms with van der Waals surface area (Å²) in [6.45, 7) is 0. The van der Waals surface area contributed by atoms with Crippen molar-refractivity contribution in [3.05, 3.63) is 53.5 Å². The van der Waals surface area contributed by atoms with Crippen molar-refractivity contribution in [3.63, 3.8) is 0 Å². The van der Waals surface area contributed by atoms with Gasteiger partial charge in [-0.15, -0.1) is 0 Å². The van der Waals surface area contributed by atoms with Crippen LogP contribution in [-0.2, 0) is 0 Å². The fraction of sp³-hybridized carbons (Fsp3) is 0.188. The third-order valence-corrected chi connectivity index (χ3v) is 3.84. The predicted molar refractivity (Wildman–Crippen MR) is 83.9 cm³/mol. The van der Waals surface area contributed by atoms with E-state index < -0.39 is 0 Å². The summed E-state index contributed by atoms with van der Waals surface area (Å²) < 4.78 is 0. The molecule has 110 valence electrons. The van der Waals surface area contributed by atoms with Gasteiger partial charge in [0.2, 0.25) is 0 Å². The number of amides is 1. The molecule has 2 heterocycles. The Labute approximate surface area is 126 Å². The maximum absolute atomic E-state index is 12.0. The number of carbonyl (C=O) groups is 1. The second-order valence-electron chi connectivity index (χ2n) is 5.47. The molecule has 3 aromatic rings. The number of benzene rings is 1. The maximum Gasteiger partial charge on any atom is 0.291 e. The van der Waals surface area contributed by atoms with Crippen molar-refractivity contribution in [3.8, 4) is 0 Å². The van der Waals surface area contributed by atoms with Crippen LogP contribution in [0.3, 0.4) is 0 Å². The molecular formula is C16H15N5O. The number of hydrazone groups is 1. The summed E-state index contributed by atoms with van der Waals surface area (Å²) in [6.07, 6.45) is 5.83. The molecule has 4 rings (SSSR count). The number of para-hydroxylation sites is 1. The highest BCUT2D eigenvalue weighted by atomic mass is 16.2.